The van der Waals surface area contributed by atoms with Gasteiger partial charge >= 0.3 is 0 Å². The normalized spacial score (nSPS) is 20.3. The van der Waals surface area contributed by atoms with E-state index in [1.54, 1.807) is 0 Å². The lowest BCUT2D eigenvalue weighted by Crippen LogP contribution is -2.44. The number of nitrogens with two attached hydrogens (primary N) is 1. The van der Waals surface area contributed by atoms with Gasteiger partial charge in [-0.15, -0.1) is 0 Å². The molecule has 1 aliphatic carbocycles. The topological polar surface area (TPSA) is 115 Å². The summed E-state index contributed by atoms with van der Waals surface area (Å²) in [5, 5.41) is 13.3. The fourth-order valence-electron chi connectivity index (χ4n) is 3.84. The van der Waals surface area contributed by atoms with Crippen molar-refractivity contribution >= 4 is 17.5 Å². The monoisotopic (exact) mass is 389 g/mol. The number of primary amides is 1. The van der Waals surface area contributed by atoms with Crippen LogP contribution >= 0.6 is 0 Å². The molecule has 1 aliphatic rings. The molecule has 7 nitrogen and oxygen atoms in total. The van der Waals surface area contributed by atoms with Crippen molar-refractivity contribution in [2.75, 3.05) is 0 Å². The molecule has 0 aliphatic heterocycles. The van der Waals surface area contributed by atoms with Gasteiger partial charge in [0.25, 0.3) is 11.6 Å². The lowest BCUT2D eigenvalue weighted by Gasteiger charge is -2.26. The van der Waals surface area contributed by atoms with Crippen molar-refractivity contribution in [2.24, 2.45) is 17.6 Å². The van der Waals surface area contributed by atoms with E-state index >= 15 is 0 Å². The Hall–Kier alpha value is -2.44. The zero-order valence-corrected chi connectivity index (χ0v) is 16.6. The van der Waals surface area contributed by atoms with Crippen molar-refractivity contribution < 1.29 is 14.5 Å². The highest BCUT2D eigenvalue weighted by atomic mass is 16.6. The Morgan fingerprint density at radius 3 is 2.36 bits per heavy atom. The van der Waals surface area contributed by atoms with Crippen molar-refractivity contribution in [1.29, 1.82) is 0 Å². The molecule has 0 heterocycles. The standard InChI is InChI=1S/C21H31N3O4/c1-15-7-9-16(10-8-15)5-3-2-4-6-19(20(22)25)23-21(26)17-11-13-18(14-12-17)24(27)28/h11-16,19H,2-10H2,1H3,(H2,22,25)(H,23,26). The number of rotatable bonds is 10. The zero-order valence-electron chi connectivity index (χ0n) is 16.6. The van der Waals surface area contributed by atoms with E-state index in [-0.39, 0.29) is 11.3 Å². The highest BCUT2D eigenvalue weighted by molar-refractivity contribution is 5.97. The SMILES string of the molecule is CC1CCC(CCCCCC(NC(=O)c2ccc([N+](=O)[O-])cc2)C(N)=O)CC1. The number of nitrogens with one attached hydrogen (secondary N) is 1. The Balaban J connectivity index is 1.72. The summed E-state index contributed by atoms with van der Waals surface area (Å²) in [5.41, 5.74) is 5.61. The van der Waals surface area contributed by atoms with Gasteiger partial charge in [-0.1, -0.05) is 58.3 Å². The second-order valence-corrected chi connectivity index (χ2v) is 8.00. The number of carbonyl (C=O) groups excluding carboxylic acids is 2. The van der Waals surface area contributed by atoms with Gasteiger partial charge in [-0.25, -0.2) is 0 Å². The van der Waals surface area contributed by atoms with Gasteiger partial charge in [0, 0.05) is 17.7 Å². The van der Waals surface area contributed by atoms with Gasteiger partial charge in [0.15, 0.2) is 0 Å². The lowest BCUT2D eigenvalue weighted by molar-refractivity contribution is -0.384. The fourth-order valence-corrected chi connectivity index (χ4v) is 3.84. The van der Waals surface area contributed by atoms with E-state index in [0.29, 0.717) is 6.42 Å². The van der Waals surface area contributed by atoms with Crippen molar-refractivity contribution in [3.05, 3.63) is 39.9 Å². The molecule has 7 heteroatoms. The Morgan fingerprint density at radius 1 is 1.14 bits per heavy atom. The summed E-state index contributed by atoms with van der Waals surface area (Å²) >= 11 is 0. The first kappa shape index (κ1) is 21.9. The number of unbranched alkanes of at least 4 members (excludes halogenated alkanes) is 2. The van der Waals surface area contributed by atoms with Gasteiger partial charge in [-0.05, 0) is 30.4 Å². The number of nitro benzene ring substituents is 1. The molecule has 1 fully saturated rings. The number of amides is 2. The third kappa shape index (κ3) is 6.94. The Morgan fingerprint density at radius 2 is 1.79 bits per heavy atom. The molecule has 0 spiro atoms. The zero-order chi connectivity index (χ0) is 20.5. The number of benzene rings is 1. The Bertz CT molecular complexity index is 667. The Kier molecular flexibility index (Phi) is 8.42. The van der Waals surface area contributed by atoms with E-state index in [1.807, 2.05) is 0 Å². The molecule has 0 aromatic heterocycles. The van der Waals surface area contributed by atoms with E-state index in [4.69, 9.17) is 5.73 Å². The molecule has 1 aromatic rings. The second-order valence-electron chi connectivity index (χ2n) is 8.00. The van der Waals surface area contributed by atoms with E-state index in [2.05, 4.69) is 12.2 Å². The quantitative estimate of drug-likeness (QED) is 0.358. The maximum absolute atomic E-state index is 12.3. The van der Waals surface area contributed by atoms with Gasteiger partial charge < -0.3 is 11.1 Å². The number of hydrogen-bond donors (Lipinski definition) is 2. The van der Waals surface area contributed by atoms with Crippen molar-refractivity contribution in [2.45, 2.75) is 70.8 Å². The summed E-state index contributed by atoms with van der Waals surface area (Å²) in [6, 6.07) is 4.55. The second kappa shape index (κ2) is 10.8. The van der Waals surface area contributed by atoms with Crippen LogP contribution in [0.2, 0.25) is 0 Å². The molecule has 0 radical (unpaired) electrons. The summed E-state index contributed by atoms with van der Waals surface area (Å²) in [4.78, 5) is 34.1. The average Bonchev–Trinajstić information content (AvgIpc) is 2.68. The predicted octanol–water partition coefficient (Wildman–Crippen LogP) is 3.96. The first-order valence-corrected chi connectivity index (χ1v) is 10.2. The van der Waals surface area contributed by atoms with Crippen LogP contribution in [0.15, 0.2) is 24.3 Å². The minimum atomic E-state index is -0.724. The van der Waals surface area contributed by atoms with Crippen LogP contribution in [0.25, 0.3) is 0 Å². The van der Waals surface area contributed by atoms with Gasteiger partial charge in [0.05, 0.1) is 4.92 Å². The first-order valence-electron chi connectivity index (χ1n) is 10.2. The minimum Gasteiger partial charge on any atom is -0.368 e. The van der Waals surface area contributed by atoms with Crippen molar-refractivity contribution in [3.8, 4) is 0 Å². The van der Waals surface area contributed by atoms with Crippen molar-refractivity contribution in [1.82, 2.24) is 5.32 Å². The molecule has 0 bridgehead atoms. The third-order valence-corrected chi connectivity index (χ3v) is 5.73. The van der Waals surface area contributed by atoms with E-state index in [1.165, 1.54) is 56.4 Å². The summed E-state index contributed by atoms with van der Waals surface area (Å²) in [5.74, 6) is 0.698. The van der Waals surface area contributed by atoms with Crippen LogP contribution in [0, 0.1) is 22.0 Å². The molecule has 1 aromatic carbocycles. The number of carbonyl (C=O) groups is 2. The van der Waals surface area contributed by atoms with Gasteiger partial charge in [-0.2, -0.15) is 0 Å². The highest BCUT2D eigenvalue weighted by Crippen LogP contribution is 2.31. The molecule has 2 amide bonds. The summed E-state index contributed by atoms with van der Waals surface area (Å²) in [7, 11) is 0. The molecule has 28 heavy (non-hydrogen) atoms. The fraction of sp³-hybridized carbons (Fsp3) is 0.619. The largest absolute Gasteiger partial charge is 0.368 e. The third-order valence-electron chi connectivity index (χ3n) is 5.73. The maximum Gasteiger partial charge on any atom is 0.269 e. The predicted molar refractivity (Wildman–Crippen MR) is 108 cm³/mol. The highest BCUT2D eigenvalue weighted by Gasteiger charge is 2.20. The molecule has 3 N–H and O–H groups in total. The van der Waals surface area contributed by atoms with Crippen LogP contribution in [-0.4, -0.2) is 22.8 Å². The van der Waals surface area contributed by atoms with Crippen LogP contribution in [-0.2, 0) is 4.79 Å². The molecule has 1 unspecified atom stereocenters. The number of hydrogen-bond acceptors (Lipinski definition) is 4. The van der Waals surface area contributed by atoms with Gasteiger partial charge in [0.2, 0.25) is 5.91 Å². The van der Waals surface area contributed by atoms with E-state index in [0.717, 1.165) is 31.1 Å². The molecule has 1 saturated carbocycles. The first-order chi connectivity index (χ1) is 13.4. The molecule has 1 atom stereocenters. The van der Waals surface area contributed by atoms with Crippen molar-refractivity contribution in [3.63, 3.8) is 0 Å². The smallest absolute Gasteiger partial charge is 0.269 e. The molecule has 2 rings (SSSR count). The molecule has 0 saturated heterocycles. The van der Waals surface area contributed by atoms with Crippen LogP contribution < -0.4 is 11.1 Å². The molecular formula is C21H31N3O4. The summed E-state index contributed by atoms with van der Waals surface area (Å²) < 4.78 is 0. The van der Waals surface area contributed by atoms with Crippen LogP contribution in [0.1, 0.15) is 75.1 Å². The van der Waals surface area contributed by atoms with Crippen LogP contribution in [0.3, 0.4) is 0 Å². The maximum atomic E-state index is 12.3. The minimum absolute atomic E-state index is 0.0876. The number of nitrogens with zero attached hydrogens (tertiary/aromatic N) is 1. The van der Waals surface area contributed by atoms with Crippen LogP contribution in [0.5, 0.6) is 0 Å². The lowest BCUT2D eigenvalue weighted by atomic mass is 9.80. The van der Waals surface area contributed by atoms with E-state index < -0.39 is 22.8 Å². The summed E-state index contributed by atoms with van der Waals surface area (Å²) in [6.07, 6.45) is 10.1. The van der Waals surface area contributed by atoms with E-state index in [9.17, 15) is 19.7 Å². The van der Waals surface area contributed by atoms with Gasteiger partial charge in [0.1, 0.15) is 6.04 Å². The Labute approximate surface area is 166 Å². The number of nitro groups is 1. The summed E-state index contributed by atoms with van der Waals surface area (Å²) in [6.45, 7) is 2.32. The average molecular weight is 389 g/mol. The molecule has 154 valence electrons. The van der Waals surface area contributed by atoms with Crippen LogP contribution in [0.4, 0.5) is 5.69 Å². The number of non-ortho nitro benzene ring substituents is 1. The van der Waals surface area contributed by atoms with Gasteiger partial charge in [-0.3, -0.25) is 19.7 Å². The molecular weight excluding hydrogens is 358 g/mol.